The number of carbonyl (C=O) groups excluding carboxylic acids is 5. The molecular formula is C39H54N6O7. The van der Waals surface area contributed by atoms with Gasteiger partial charge in [-0.15, -0.1) is 0 Å². The average molecular weight is 719 g/mol. The molecule has 3 heterocycles. The maximum absolute atomic E-state index is 14.1. The van der Waals surface area contributed by atoms with Crippen LogP contribution in [0.15, 0.2) is 48.5 Å². The first-order valence-corrected chi connectivity index (χ1v) is 18.5. The molecule has 2 bridgehead atoms. The third-order valence-electron chi connectivity index (χ3n) is 9.73. The Bertz CT molecular complexity index is 1540. The van der Waals surface area contributed by atoms with Crippen molar-refractivity contribution < 1.29 is 33.4 Å². The van der Waals surface area contributed by atoms with Crippen LogP contribution in [0.2, 0.25) is 0 Å². The molecule has 1 aliphatic carbocycles. The van der Waals surface area contributed by atoms with Crippen LogP contribution in [0.25, 0.3) is 0 Å². The molecule has 0 radical (unpaired) electrons. The third-order valence-corrected chi connectivity index (χ3v) is 9.73. The van der Waals surface area contributed by atoms with Crippen LogP contribution in [-0.4, -0.2) is 98.0 Å². The Labute approximate surface area is 306 Å². The number of fused-ring (bicyclic) bond motifs is 17. The quantitative estimate of drug-likeness (QED) is 0.245. The van der Waals surface area contributed by atoms with Crippen LogP contribution >= 0.6 is 0 Å². The molecule has 2 aromatic rings. The van der Waals surface area contributed by atoms with E-state index in [1.165, 1.54) is 4.90 Å². The Hall–Kier alpha value is -4.65. The zero-order valence-corrected chi connectivity index (χ0v) is 30.7. The van der Waals surface area contributed by atoms with E-state index in [1.54, 1.807) is 50.4 Å². The van der Waals surface area contributed by atoms with Crippen molar-refractivity contribution in [2.75, 3.05) is 33.4 Å². The van der Waals surface area contributed by atoms with Crippen molar-refractivity contribution in [3.63, 3.8) is 0 Å². The molecule has 0 spiro atoms. The summed E-state index contributed by atoms with van der Waals surface area (Å²) in [6.07, 6.45) is 4.42. The Morgan fingerprint density at radius 3 is 2.33 bits per heavy atom. The number of hydrogen-bond acceptors (Lipinski definition) is 8. The number of methoxy groups -OCH3 is 1. The minimum Gasteiger partial charge on any atom is -0.497 e. The number of hydrogen-bond donors (Lipinski definition) is 5. The topological polar surface area (TPSA) is 167 Å². The molecule has 5 atom stereocenters. The second-order valence-electron chi connectivity index (χ2n) is 14.8. The minimum atomic E-state index is -1.08. The average Bonchev–Trinajstić information content (AvgIpc) is 3.76. The Balaban J connectivity index is 1.45. The summed E-state index contributed by atoms with van der Waals surface area (Å²) in [6.45, 7) is 6.94. The van der Waals surface area contributed by atoms with Gasteiger partial charge in [0.1, 0.15) is 36.2 Å². The molecule has 1 saturated carbocycles. The maximum Gasteiger partial charge on any atom is 0.245 e. The smallest absolute Gasteiger partial charge is 0.245 e. The van der Waals surface area contributed by atoms with E-state index in [-0.39, 0.29) is 55.7 Å². The monoisotopic (exact) mass is 718 g/mol. The molecule has 0 aromatic heterocycles. The second kappa shape index (κ2) is 18.2. The summed E-state index contributed by atoms with van der Waals surface area (Å²) < 4.78 is 11.4. The van der Waals surface area contributed by atoms with Crippen LogP contribution in [0.1, 0.15) is 64.0 Å². The van der Waals surface area contributed by atoms with E-state index >= 15 is 0 Å². The van der Waals surface area contributed by atoms with Crippen molar-refractivity contribution in [2.24, 2.45) is 11.8 Å². The highest BCUT2D eigenvalue weighted by Gasteiger charge is 2.34. The minimum absolute atomic E-state index is 0.116. The van der Waals surface area contributed by atoms with Gasteiger partial charge in [0.25, 0.3) is 0 Å². The molecule has 4 aliphatic rings. The highest BCUT2D eigenvalue weighted by molar-refractivity contribution is 5.95. The van der Waals surface area contributed by atoms with E-state index in [0.29, 0.717) is 36.8 Å². The van der Waals surface area contributed by atoms with Gasteiger partial charge in [0, 0.05) is 19.4 Å². The molecule has 2 aromatic carbocycles. The number of carbonyl (C=O) groups is 5. The summed E-state index contributed by atoms with van der Waals surface area (Å²) in [7, 11) is 1.56. The van der Waals surface area contributed by atoms with Crippen molar-refractivity contribution in [3.8, 4) is 11.5 Å². The third kappa shape index (κ3) is 11.4. The van der Waals surface area contributed by atoms with E-state index < -0.39 is 36.0 Å². The molecule has 2 fully saturated rings. The summed E-state index contributed by atoms with van der Waals surface area (Å²) in [4.78, 5) is 70.1. The van der Waals surface area contributed by atoms with Gasteiger partial charge < -0.3 is 41.0 Å². The SMILES string of the molecule is COc1ccc(C[C@@H]2NC(=O)[C@@H](NC(=O)[C@@H]3CCCN3)Cc3ccc(cc3)OC[C@H](CC(C)C)NC(=O)CN(CC3CC3)C(=O)[C@@H](C)NC2=O)cc1. The highest BCUT2D eigenvalue weighted by Crippen LogP contribution is 2.30. The molecule has 0 unspecified atom stereocenters. The maximum atomic E-state index is 14.1. The zero-order chi connectivity index (χ0) is 37.2. The summed E-state index contributed by atoms with van der Waals surface area (Å²) in [5, 5.41) is 14.9. The van der Waals surface area contributed by atoms with Gasteiger partial charge in [-0.2, -0.15) is 0 Å². The number of nitrogens with zero attached hydrogens (tertiary/aromatic N) is 1. The van der Waals surface area contributed by atoms with Gasteiger partial charge in [0.15, 0.2) is 0 Å². The lowest BCUT2D eigenvalue weighted by molar-refractivity contribution is -0.140. The number of nitrogens with one attached hydrogen (secondary N) is 5. The lowest BCUT2D eigenvalue weighted by Crippen LogP contribution is -2.59. The van der Waals surface area contributed by atoms with Gasteiger partial charge in [-0.05, 0) is 92.8 Å². The van der Waals surface area contributed by atoms with Gasteiger partial charge in [0.2, 0.25) is 29.5 Å². The molecule has 3 aliphatic heterocycles. The largest absolute Gasteiger partial charge is 0.497 e. The van der Waals surface area contributed by atoms with Crippen molar-refractivity contribution in [1.82, 2.24) is 31.5 Å². The van der Waals surface area contributed by atoms with Gasteiger partial charge in [-0.3, -0.25) is 24.0 Å². The van der Waals surface area contributed by atoms with Gasteiger partial charge >= 0.3 is 0 Å². The fourth-order valence-electron chi connectivity index (χ4n) is 6.70. The lowest BCUT2D eigenvalue weighted by Gasteiger charge is -2.29. The molecule has 282 valence electrons. The molecule has 52 heavy (non-hydrogen) atoms. The van der Waals surface area contributed by atoms with Crippen LogP contribution in [0.4, 0.5) is 0 Å². The van der Waals surface area contributed by atoms with Crippen molar-refractivity contribution in [1.29, 1.82) is 0 Å². The van der Waals surface area contributed by atoms with E-state index in [0.717, 1.165) is 36.9 Å². The molecule has 13 nitrogen and oxygen atoms in total. The number of amides is 5. The first kappa shape index (κ1) is 38.6. The van der Waals surface area contributed by atoms with Gasteiger partial charge in [-0.1, -0.05) is 38.1 Å². The number of benzene rings is 2. The molecule has 13 heteroatoms. The number of rotatable bonds is 9. The fourth-order valence-corrected chi connectivity index (χ4v) is 6.70. The lowest BCUT2D eigenvalue weighted by atomic mass is 10.0. The Morgan fingerprint density at radius 2 is 1.69 bits per heavy atom. The van der Waals surface area contributed by atoms with E-state index in [4.69, 9.17) is 9.47 Å². The van der Waals surface area contributed by atoms with Gasteiger partial charge in [0.05, 0.1) is 25.7 Å². The fraction of sp³-hybridized carbons (Fsp3) is 0.564. The van der Waals surface area contributed by atoms with Crippen LogP contribution < -0.4 is 36.1 Å². The predicted molar refractivity (Wildman–Crippen MR) is 196 cm³/mol. The van der Waals surface area contributed by atoms with Crippen molar-refractivity contribution in [3.05, 3.63) is 59.7 Å². The molecule has 6 rings (SSSR count). The van der Waals surface area contributed by atoms with Crippen molar-refractivity contribution in [2.45, 2.75) is 95.9 Å². The van der Waals surface area contributed by atoms with Crippen LogP contribution in [0, 0.1) is 11.8 Å². The van der Waals surface area contributed by atoms with E-state index in [1.807, 2.05) is 12.1 Å². The second-order valence-corrected chi connectivity index (χ2v) is 14.8. The van der Waals surface area contributed by atoms with Crippen LogP contribution in [-0.2, 0) is 36.8 Å². The molecule has 5 amide bonds. The predicted octanol–water partition coefficient (Wildman–Crippen LogP) is 1.87. The van der Waals surface area contributed by atoms with E-state index in [9.17, 15) is 24.0 Å². The van der Waals surface area contributed by atoms with Crippen LogP contribution in [0.3, 0.4) is 0 Å². The molecular weight excluding hydrogens is 664 g/mol. The van der Waals surface area contributed by atoms with Gasteiger partial charge in [-0.25, -0.2) is 0 Å². The summed E-state index contributed by atoms with van der Waals surface area (Å²) >= 11 is 0. The highest BCUT2D eigenvalue weighted by atomic mass is 16.5. The summed E-state index contributed by atoms with van der Waals surface area (Å²) in [6, 6.07) is 10.7. The summed E-state index contributed by atoms with van der Waals surface area (Å²) in [5.74, 6) is -0.229. The Kier molecular flexibility index (Phi) is 13.5. The van der Waals surface area contributed by atoms with Crippen LogP contribution in [0.5, 0.6) is 11.5 Å². The zero-order valence-electron chi connectivity index (χ0n) is 30.7. The van der Waals surface area contributed by atoms with Crippen molar-refractivity contribution >= 4 is 29.5 Å². The first-order chi connectivity index (χ1) is 25.0. The normalized spacial score (nSPS) is 25.2. The number of ether oxygens (including phenoxy) is 2. The standard InChI is InChI=1S/C39H54N6O7/c1-24(2)18-29-23-52-31-15-11-27(12-16-31)20-34(43-36(47)32-6-5-17-40-32)38(49)44-33(19-26-9-13-30(51-4)14-10-26)37(48)41-25(3)39(50)45(21-28-7-8-28)22-35(46)42-29/h9-16,24-25,28-29,32-34,40H,5-8,17-23H2,1-4H3,(H,41,48)(H,42,46)(H,43,47)(H,44,49)/t25-,29+,32+,33+,34+/m1/s1. The summed E-state index contributed by atoms with van der Waals surface area (Å²) in [5.41, 5.74) is 1.53. The molecule has 1 saturated heterocycles. The molecule has 5 N–H and O–H groups in total. The first-order valence-electron chi connectivity index (χ1n) is 18.5. The van der Waals surface area contributed by atoms with E-state index in [2.05, 4.69) is 40.4 Å². The Morgan fingerprint density at radius 1 is 0.962 bits per heavy atom.